The molecule has 1 aromatic heterocycles. The number of aromatic carboxylic acids is 1. The number of carbonyl (C=O) groups is 1. The summed E-state index contributed by atoms with van der Waals surface area (Å²) in [5.41, 5.74) is 3.39. The lowest BCUT2D eigenvalue weighted by molar-refractivity contribution is 0.0697. The van der Waals surface area contributed by atoms with Crippen LogP contribution in [-0.2, 0) is 0 Å². The third kappa shape index (κ3) is 4.63. The number of fused-ring (bicyclic) bond motifs is 4. The minimum Gasteiger partial charge on any atom is -0.478 e. The van der Waals surface area contributed by atoms with Crippen molar-refractivity contribution >= 4 is 33.4 Å². The molecule has 6 rings (SSSR count). The van der Waals surface area contributed by atoms with Crippen molar-refractivity contribution in [2.75, 3.05) is 32.1 Å². The minimum absolute atomic E-state index is 0.165. The van der Waals surface area contributed by atoms with Gasteiger partial charge < -0.3 is 18.8 Å². The van der Waals surface area contributed by atoms with Crippen LogP contribution in [0.4, 0.5) is 5.69 Å². The maximum atomic E-state index is 13.5. The van der Waals surface area contributed by atoms with E-state index in [2.05, 4.69) is 24.5 Å². The van der Waals surface area contributed by atoms with Crippen LogP contribution in [0.1, 0.15) is 24.2 Å². The molecule has 1 aliphatic carbocycles. The lowest BCUT2D eigenvalue weighted by Crippen LogP contribution is -2.29. The van der Waals surface area contributed by atoms with Crippen LogP contribution in [0.2, 0.25) is 0 Å². The molecule has 0 amide bonds. The van der Waals surface area contributed by atoms with Gasteiger partial charge in [-0.05, 0) is 72.8 Å². The van der Waals surface area contributed by atoms with E-state index < -0.39 is 11.6 Å². The molecule has 42 heavy (non-hydrogen) atoms. The number of nitrogens with zero attached hydrogens (tertiary/aromatic N) is 2. The summed E-state index contributed by atoms with van der Waals surface area (Å²) in [6, 6.07) is 26.2. The van der Waals surface area contributed by atoms with Gasteiger partial charge in [-0.3, -0.25) is 0 Å². The van der Waals surface area contributed by atoms with Gasteiger partial charge in [-0.15, -0.1) is 0 Å². The van der Waals surface area contributed by atoms with E-state index in [1.807, 2.05) is 61.5 Å². The highest BCUT2D eigenvalue weighted by atomic mass is 16.4. The fourth-order valence-corrected chi connectivity index (χ4v) is 5.57. The van der Waals surface area contributed by atoms with Gasteiger partial charge in [0.2, 0.25) is 5.36 Å². The first-order chi connectivity index (χ1) is 20.3. The molecule has 7 heteroatoms. The maximum Gasteiger partial charge on any atom is 0.347 e. The Balaban J connectivity index is 1.64. The summed E-state index contributed by atoms with van der Waals surface area (Å²) < 4.78 is 14.6. The van der Waals surface area contributed by atoms with Crippen molar-refractivity contribution in [3.05, 3.63) is 106 Å². The molecule has 0 atom stereocenters. The number of hydrogen-bond acceptors (Lipinski definition) is 5. The average Bonchev–Trinajstić information content (AvgIpc) is 3.00. The average molecular weight is 560 g/mol. The predicted molar refractivity (Wildman–Crippen MR) is 167 cm³/mol. The summed E-state index contributed by atoms with van der Waals surface area (Å²) >= 11 is 0. The zero-order chi connectivity index (χ0) is 29.5. The molecule has 7 nitrogen and oxygen atoms in total. The van der Waals surface area contributed by atoms with E-state index in [9.17, 15) is 14.7 Å². The molecule has 0 fully saturated rings. The van der Waals surface area contributed by atoms with E-state index in [0.717, 1.165) is 45.9 Å². The Hall–Kier alpha value is -5.17. The van der Waals surface area contributed by atoms with Gasteiger partial charge >= 0.3 is 11.6 Å². The quantitative estimate of drug-likeness (QED) is 0.141. The molecule has 0 radical (unpaired) electrons. The number of rotatable bonds is 6. The van der Waals surface area contributed by atoms with Crippen molar-refractivity contribution in [3.63, 3.8) is 0 Å². The van der Waals surface area contributed by atoms with Gasteiger partial charge in [0.05, 0.1) is 11.6 Å². The third-order valence-corrected chi connectivity index (χ3v) is 7.81. The highest BCUT2D eigenvalue weighted by Gasteiger charge is 2.22. The molecule has 1 aliphatic heterocycles. The number of hydrogen-bond donors (Lipinski definition) is 1. The molecular weight excluding hydrogens is 528 g/mol. The van der Waals surface area contributed by atoms with Gasteiger partial charge in [-0.2, -0.15) is 0 Å². The van der Waals surface area contributed by atoms with Crippen molar-refractivity contribution in [1.29, 1.82) is 0 Å². The zero-order valence-electron chi connectivity index (χ0n) is 24.0. The topological polar surface area (TPSA) is 86.9 Å². The summed E-state index contributed by atoms with van der Waals surface area (Å²) in [6.07, 6.45) is 0. The molecular formula is C35H31N2O5+. The van der Waals surface area contributed by atoms with E-state index in [-0.39, 0.29) is 11.1 Å². The molecule has 0 saturated heterocycles. The number of carboxylic acid groups (broad SMARTS) is 1. The van der Waals surface area contributed by atoms with Crippen LogP contribution in [0.3, 0.4) is 0 Å². The molecule has 2 aliphatic rings. The second kappa shape index (κ2) is 10.7. The van der Waals surface area contributed by atoms with Crippen molar-refractivity contribution in [2.24, 2.45) is 0 Å². The first kappa shape index (κ1) is 27.0. The van der Waals surface area contributed by atoms with Gasteiger partial charge in [0.1, 0.15) is 35.8 Å². The Bertz CT molecular complexity index is 2100. The lowest BCUT2D eigenvalue weighted by Gasteiger charge is -2.16. The molecule has 3 aromatic carbocycles. The zero-order valence-corrected chi connectivity index (χ0v) is 24.0. The smallest absolute Gasteiger partial charge is 0.347 e. The van der Waals surface area contributed by atoms with Crippen LogP contribution < -0.4 is 20.5 Å². The predicted octanol–water partition coefficient (Wildman–Crippen LogP) is 6.55. The van der Waals surface area contributed by atoms with Crippen LogP contribution in [0.5, 0.6) is 0 Å². The van der Waals surface area contributed by atoms with Crippen molar-refractivity contribution in [3.8, 4) is 33.8 Å². The van der Waals surface area contributed by atoms with Crippen molar-refractivity contribution in [1.82, 2.24) is 4.58 Å². The van der Waals surface area contributed by atoms with E-state index in [1.165, 1.54) is 0 Å². The summed E-state index contributed by atoms with van der Waals surface area (Å²) in [7, 11) is 3.96. The standard InChI is InChI=1S/C35H30N2O5/c1-5-37(6-2)24-14-16-27-29(26-9-7-8-10-28(26)34(38)39)20-32(41-31(27)19-24)30-18-22-12-11-21-17-23(36(3)4)13-15-25(21)33(22)42-35(30)40/h7-20H,5-6H2,1-4H3/p+1. The maximum absolute atomic E-state index is 13.5. The molecule has 4 aromatic rings. The van der Waals surface area contributed by atoms with E-state index >= 15 is 0 Å². The van der Waals surface area contributed by atoms with Gasteiger partial charge in [0.15, 0.2) is 0 Å². The minimum atomic E-state index is -1.03. The van der Waals surface area contributed by atoms with Crippen molar-refractivity contribution < 1.29 is 18.7 Å². The molecule has 1 N–H and O–H groups in total. The van der Waals surface area contributed by atoms with Crippen LogP contribution in [0.15, 0.2) is 98.6 Å². The monoisotopic (exact) mass is 559 g/mol. The normalized spacial score (nSPS) is 11.3. The first-order valence-corrected chi connectivity index (χ1v) is 14.0. The Labute approximate surface area is 242 Å². The third-order valence-electron chi connectivity index (χ3n) is 7.81. The Kier molecular flexibility index (Phi) is 6.86. The molecule has 210 valence electrons. The van der Waals surface area contributed by atoms with Crippen LogP contribution in [0, 0.1) is 0 Å². The van der Waals surface area contributed by atoms with E-state index in [1.54, 1.807) is 36.4 Å². The molecule has 2 heterocycles. The Morgan fingerprint density at radius 2 is 1.50 bits per heavy atom. The fraction of sp³-hybridized carbons (Fsp3) is 0.171. The summed E-state index contributed by atoms with van der Waals surface area (Å²) in [6.45, 7) is 5.80. The van der Waals surface area contributed by atoms with Gasteiger partial charge in [-0.25, -0.2) is 14.2 Å². The van der Waals surface area contributed by atoms with Crippen LogP contribution in [-0.4, -0.2) is 38.3 Å². The largest absolute Gasteiger partial charge is 0.478 e. The molecule has 0 spiro atoms. The highest BCUT2D eigenvalue weighted by Crippen LogP contribution is 2.39. The number of benzene rings is 4. The molecule has 0 saturated carbocycles. The Morgan fingerprint density at radius 1 is 0.762 bits per heavy atom. The molecule has 0 unspecified atom stereocenters. The van der Waals surface area contributed by atoms with Gasteiger partial charge in [0.25, 0.3) is 0 Å². The lowest BCUT2D eigenvalue weighted by atomic mass is 9.93. The van der Waals surface area contributed by atoms with Gasteiger partial charge in [-0.1, -0.05) is 30.3 Å². The van der Waals surface area contributed by atoms with Crippen molar-refractivity contribution in [2.45, 2.75) is 13.8 Å². The highest BCUT2D eigenvalue weighted by molar-refractivity contribution is 6.06. The Morgan fingerprint density at radius 3 is 2.24 bits per heavy atom. The van der Waals surface area contributed by atoms with Crippen LogP contribution >= 0.6 is 0 Å². The fourth-order valence-electron chi connectivity index (χ4n) is 5.57. The number of carboxylic acids is 1. The summed E-state index contributed by atoms with van der Waals surface area (Å²) in [5, 5.41) is 13.5. The summed E-state index contributed by atoms with van der Waals surface area (Å²) in [5.74, 6) is -0.190. The number of anilines is 1. The van der Waals surface area contributed by atoms with Crippen LogP contribution in [0.25, 0.3) is 55.5 Å². The second-order valence-corrected chi connectivity index (χ2v) is 10.5. The first-order valence-electron chi connectivity index (χ1n) is 14.0. The molecule has 0 bridgehead atoms. The van der Waals surface area contributed by atoms with E-state index in [4.69, 9.17) is 8.83 Å². The van der Waals surface area contributed by atoms with Gasteiger partial charge in [0, 0.05) is 42.2 Å². The SMILES string of the molecule is CC[N+](CC)=c1ccc2c(-c3ccccc3C(=O)O)cc(-c3cc4ccc5cc(N(C)C)ccc5c4oc3=O)oc-2c1. The van der Waals surface area contributed by atoms with E-state index in [0.29, 0.717) is 28.2 Å². The summed E-state index contributed by atoms with van der Waals surface area (Å²) in [4.78, 5) is 27.7. The second-order valence-electron chi connectivity index (χ2n) is 10.5.